The van der Waals surface area contributed by atoms with E-state index in [0.29, 0.717) is 7.56 Å². The zero-order chi connectivity index (χ0) is 14.0. The maximum atomic E-state index is 12.9. The van der Waals surface area contributed by atoms with Crippen LogP contribution in [-0.2, 0) is 4.57 Å². The fraction of sp³-hybridized carbons (Fsp3) is 1.00. The summed E-state index contributed by atoms with van der Waals surface area (Å²) in [6.07, 6.45) is 0. The van der Waals surface area contributed by atoms with Gasteiger partial charge < -0.3 is 4.89 Å². The summed E-state index contributed by atoms with van der Waals surface area (Å²) in [4.78, 5) is 12.9. The molecular weight excluding hydrogens is 277 g/mol. The van der Waals surface area contributed by atoms with Crippen LogP contribution in [0.3, 0.4) is 0 Å². The lowest BCUT2D eigenvalue weighted by atomic mass is 11.3. The first-order valence-corrected chi connectivity index (χ1v) is 10.7. The van der Waals surface area contributed by atoms with Crippen LogP contribution in [0.5, 0.6) is 0 Å². The van der Waals surface area contributed by atoms with Crippen LogP contribution >= 0.6 is 21.8 Å². The Morgan fingerprint density at radius 2 is 1.06 bits per heavy atom. The molecule has 0 aromatic rings. The molecule has 0 aromatic carbocycles. The van der Waals surface area contributed by atoms with Gasteiger partial charge in [-0.2, -0.15) is 0 Å². The number of nitrogens with zero attached hydrogens (tertiary/aromatic N) is 4. The molecule has 0 atom stereocenters. The van der Waals surface area contributed by atoms with Crippen molar-refractivity contribution in [2.75, 3.05) is 56.4 Å². The Labute approximate surface area is 107 Å². The van der Waals surface area contributed by atoms with E-state index in [9.17, 15) is 9.46 Å². The summed E-state index contributed by atoms with van der Waals surface area (Å²) in [7, 11) is 8.88. The van der Waals surface area contributed by atoms with E-state index in [2.05, 4.69) is 0 Å². The summed E-state index contributed by atoms with van der Waals surface area (Å²) in [6, 6.07) is 0. The standard InChI is InChI=1S/C8H24N4O2P3/c1-9(2)16(13,10(3)4)15-17(14,11(5)6)12(7)8/h1-8H3/q-1. The number of hydrogen-bond acceptors (Lipinski definition) is 2. The van der Waals surface area contributed by atoms with E-state index in [1.165, 1.54) is 0 Å². The molecule has 0 aliphatic rings. The molecular formula is C8H24N4O2P3-. The highest BCUT2D eigenvalue weighted by Crippen LogP contribution is 2.73. The van der Waals surface area contributed by atoms with Gasteiger partial charge in [-0.3, -0.25) is 13.9 Å². The van der Waals surface area contributed by atoms with Crippen LogP contribution in [0.15, 0.2) is 0 Å². The van der Waals surface area contributed by atoms with Crippen molar-refractivity contribution in [3.05, 3.63) is 0 Å². The van der Waals surface area contributed by atoms with Gasteiger partial charge in [0.2, 0.25) is 0 Å². The Morgan fingerprint density at radius 3 is 1.24 bits per heavy atom. The van der Waals surface area contributed by atoms with E-state index in [1.54, 1.807) is 75.1 Å². The molecule has 0 spiro atoms. The van der Waals surface area contributed by atoms with Crippen LogP contribution < -0.4 is 4.89 Å². The minimum Gasteiger partial charge on any atom is -0.803 e. The molecule has 0 amide bonds. The third kappa shape index (κ3) is 3.86. The summed E-state index contributed by atoms with van der Waals surface area (Å²) in [6.45, 7) is 0. The highest BCUT2D eigenvalue weighted by Gasteiger charge is 2.29. The quantitative estimate of drug-likeness (QED) is 0.714. The summed E-state index contributed by atoms with van der Waals surface area (Å²) in [5.41, 5.74) is 0. The Morgan fingerprint density at radius 1 is 0.765 bits per heavy atom. The van der Waals surface area contributed by atoms with Gasteiger partial charge in [-0.1, -0.05) is 0 Å². The second-order valence-corrected chi connectivity index (χ2v) is 15.2. The monoisotopic (exact) mass is 301 g/mol. The minimum absolute atomic E-state index is 0.449. The molecule has 104 valence electrons. The van der Waals surface area contributed by atoms with Crippen molar-refractivity contribution in [2.45, 2.75) is 0 Å². The summed E-state index contributed by atoms with van der Waals surface area (Å²) < 4.78 is 19.5. The first-order valence-electron chi connectivity index (χ1n) is 5.14. The zero-order valence-corrected chi connectivity index (χ0v) is 14.6. The average molecular weight is 301 g/mol. The predicted octanol–water partition coefficient (Wildman–Crippen LogP) is 1.32. The normalized spacial score (nSPS) is 14.6. The van der Waals surface area contributed by atoms with Gasteiger partial charge in [0, 0.05) is 7.56 Å². The number of hydrogen-bond donors (Lipinski definition) is 0. The van der Waals surface area contributed by atoms with Crippen molar-refractivity contribution < 1.29 is 9.46 Å². The maximum absolute atomic E-state index is 12.9. The van der Waals surface area contributed by atoms with E-state index in [0.717, 1.165) is 0 Å². The van der Waals surface area contributed by atoms with E-state index in [4.69, 9.17) is 0 Å². The highest BCUT2D eigenvalue weighted by molar-refractivity contribution is 8.37. The lowest BCUT2D eigenvalue weighted by Crippen LogP contribution is -2.28. The van der Waals surface area contributed by atoms with Crippen molar-refractivity contribution in [3.63, 3.8) is 0 Å². The van der Waals surface area contributed by atoms with Crippen molar-refractivity contribution in [1.29, 1.82) is 0 Å². The van der Waals surface area contributed by atoms with Gasteiger partial charge in [-0.15, -0.1) is 0 Å². The second-order valence-electron chi connectivity index (χ2n) is 4.50. The number of rotatable bonds is 5. The first kappa shape index (κ1) is 17.8. The molecule has 0 heterocycles. The second kappa shape index (κ2) is 6.27. The van der Waals surface area contributed by atoms with Crippen molar-refractivity contribution in [1.82, 2.24) is 18.7 Å². The van der Waals surface area contributed by atoms with Crippen molar-refractivity contribution in [3.8, 4) is 0 Å². The van der Waals surface area contributed by atoms with E-state index >= 15 is 0 Å². The van der Waals surface area contributed by atoms with Crippen molar-refractivity contribution in [2.24, 2.45) is 0 Å². The van der Waals surface area contributed by atoms with Gasteiger partial charge in [0.1, 0.15) is 0 Å². The van der Waals surface area contributed by atoms with Gasteiger partial charge in [0.15, 0.2) is 0 Å². The molecule has 6 nitrogen and oxygen atoms in total. The molecule has 0 unspecified atom stereocenters. The Bertz CT molecular complexity index is 331. The maximum Gasteiger partial charge on any atom is 0.263 e. The lowest BCUT2D eigenvalue weighted by Gasteiger charge is -2.45. The third-order valence-corrected chi connectivity index (χ3v) is 16.8. The molecule has 0 aliphatic carbocycles. The van der Waals surface area contributed by atoms with Crippen LogP contribution in [0.25, 0.3) is 0 Å². The third-order valence-electron chi connectivity index (χ3n) is 2.32. The summed E-state index contributed by atoms with van der Waals surface area (Å²) in [5, 5.41) is 0. The molecule has 0 rings (SSSR count). The molecule has 0 radical (unpaired) electrons. The smallest absolute Gasteiger partial charge is 0.263 e. The molecule has 0 bridgehead atoms. The van der Waals surface area contributed by atoms with Crippen LogP contribution in [0, 0.1) is 0 Å². The Hall–Kier alpha value is 0.760. The molecule has 17 heavy (non-hydrogen) atoms. The van der Waals surface area contributed by atoms with Gasteiger partial charge in [-0.25, -0.2) is 9.34 Å². The molecule has 0 aromatic heterocycles. The molecule has 0 N–H and O–H groups in total. The lowest BCUT2D eigenvalue weighted by molar-refractivity contribution is -0.180. The molecule has 9 heteroatoms. The topological polar surface area (TPSA) is 53.1 Å². The van der Waals surface area contributed by atoms with Gasteiger partial charge in [0.05, 0.1) is 0 Å². The molecule has 0 saturated carbocycles. The SMILES string of the molecule is CN(C)P(=O)(P=P([O-])(N(C)C)N(C)C)N(C)C. The predicted molar refractivity (Wildman–Crippen MR) is 76.2 cm³/mol. The van der Waals surface area contributed by atoms with Crippen LogP contribution in [-0.4, -0.2) is 75.1 Å². The first-order chi connectivity index (χ1) is 7.48. The van der Waals surface area contributed by atoms with E-state index in [1.807, 2.05) is 0 Å². The summed E-state index contributed by atoms with van der Waals surface area (Å²) in [5.74, 6) is 0. The Balaban J connectivity index is 5.83. The molecule has 0 aliphatic heterocycles. The van der Waals surface area contributed by atoms with Gasteiger partial charge >= 0.3 is 0 Å². The van der Waals surface area contributed by atoms with Gasteiger partial charge in [0.25, 0.3) is 7.13 Å². The van der Waals surface area contributed by atoms with E-state index < -0.39 is 14.2 Å². The Kier molecular flexibility index (Phi) is 6.55. The fourth-order valence-electron chi connectivity index (χ4n) is 1.19. The largest absolute Gasteiger partial charge is 0.803 e. The van der Waals surface area contributed by atoms with Crippen LogP contribution in [0.1, 0.15) is 0 Å². The highest BCUT2D eigenvalue weighted by atomic mass is 32.3. The summed E-state index contributed by atoms with van der Waals surface area (Å²) >= 11 is 0. The molecule has 0 saturated heterocycles. The van der Waals surface area contributed by atoms with Gasteiger partial charge in [-0.05, 0) is 63.5 Å². The van der Waals surface area contributed by atoms with Crippen molar-refractivity contribution >= 4 is 21.8 Å². The van der Waals surface area contributed by atoms with Crippen LogP contribution in [0.2, 0.25) is 0 Å². The van der Waals surface area contributed by atoms with Crippen LogP contribution in [0.4, 0.5) is 0 Å². The zero-order valence-electron chi connectivity index (χ0n) is 11.9. The minimum atomic E-state index is -2.80. The van der Waals surface area contributed by atoms with E-state index in [-0.39, 0.29) is 0 Å². The molecule has 0 fully saturated rings. The fourth-order valence-corrected chi connectivity index (χ4v) is 14.9. The average Bonchev–Trinajstić information content (AvgIpc) is 2.15.